The smallest absolute Gasteiger partial charge is 0.303 e. The maximum atomic E-state index is 10.6. The summed E-state index contributed by atoms with van der Waals surface area (Å²) in [6, 6.07) is 11.6. The number of nitrogens with zero attached hydrogens (tertiary/aromatic N) is 1. The minimum atomic E-state index is -0.778. The van der Waals surface area contributed by atoms with E-state index in [2.05, 4.69) is 0 Å². The van der Waals surface area contributed by atoms with E-state index in [1.165, 1.54) is 0 Å². The van der Waals surface area contributed by atoms with E-state index >= 15 is 0 Å². The largest absolute Gasteiger partial charge is 0.494 e. The normalized spacial score (nSPS) is 10.4. The number of ether oxygens (including phenoxy) is 1. The van der Waals surface area contributed by atoms with Crippen molar-refractivity contribution in [2.24, 2.45) is 0 Å². The lowest BCUT2D eigenvalue weighted by Crippen LogP contribution is -2.03. The van der Waals surface area contributed by atoms with Crippen molar-refractivity contribution in [1.82, 2.24) is 4.57 Å². The molecule has 0 aliphatic rings. The van der Waals surface area contributed by atoms with Gasteiger partial charge in [0.05, 0.1) is 13.0 Å². The average Bonchev–Trinajstić information content (AvgIpc) is 2.86. The number of carboxylic acid groups (broad SMARTS) is 1. The topological polar surface area (TPSA) is 51.5 Å². The zero-order valence-corrected chi connectivity index (χ0v) is 10.9. The first kappa shape index (κ1) is 13.2. The second-order valence-corrected chi connectivity index (χ2v) is 4.19. The van der Waals surface area contributed by atoms with Gasteiger partial charge < -0.3 is 14.4 Å². The van der Waals surface area contributed by atoms with Gasteiger partial charge in [-0.3, -0.25) is 4.79 Å². The molecule has 4 nitrogen and oxygen atoms in total. The molecule has 1 aromatic heterocycles. The lowest BCUT2D eigenvalue weighted by atomic mass is 10.2. The van der Waals surface area contributed by atoms with Gasteiger partial charge in [0.15, 0.2) is 0 Å². The third-order valence-electron chi connectivity index (χ3n) is 2.85. The zero-order valence-electron chi connectivity index (χ0n) is 10.9. The predicted octanol–water partition coefficient (Wildman–Crippen LogP) is 2.89. The van der Waals surface area contributed by atoms with E-state index in [0.717, 1.165) is 17.1 Å². The van der Waals surface area contributed by atoms with E-state index in [0.29, 0.717) is 13.0 Å². The van der Waals surface area contributed by atoms with Crippen molar-refractivity contribution in [3.63, 3.8) is 0 Å². The first-order valence-corrected chi connectivity index (χ1v) is 6.32. The minimum Gasteiger partial charge on any atom is -0.494 e. The van der Waals surface area contributed by atoms with Crippen LogP contribution in [0.2, 0.25) is 0 Å². The number of benzene rings is 1. The Morgan fingerprint density at radius 2 is 2.00 bits per heavy atom. The highest BCUT2D eigenvalue weighted by Crippen LogP contribution is 2.18. The molecule has 100 valence electrons. The van der Waals surface area contributed by atoms with Gasteiger partial charge in [0.1, 0.15) is 5.75 Å². The number of hydrogen-bond donors (Lipinski definition) is 1. The van der Waals surface area contributed by atoms with Gasteiger partial charge in [-0.25, -0.2) is 0 Å². The molecular weight excluding hydrogens is 242 g/mol. The van der Waals surface area contributed by atoms with Crippen molar-refractivity contribution in [2.45, 2.75) is 19.8 Å². The molecule has 2 aromatic rings. The van der Waals surface area contributed by atoms with Crippen LogP contribution in [0.1, 0.15) is 19.0 Å². The molecule has 0 spiro atoms. The fraction of sp³-hybridized carbons (Fsp3) is 0.267. The predicted molar refractivity (Wildman–Crippen MR) is 72.9 cm³/mol. The second kappa shape index (κ2) is 6.09. The molecule has 0 saturated carbocycles. The van der Waals surface area contributed by atoms with Gasteiger partial charge in [-0.15, -0.1) is 0 Å². The highest BCUT2D eigenvalue weighted by molar-refractivity contribution is 5.67. The Morgan fingerprint density at radius 1 is 1.26 bits per heavy atom. The second-order valence-electron chi connectivity index (χ2n) is 4.19. The molecule has 0 fully saturated rings. The van der Waals surface area contributed by atoms with Gasteiger partial charge in [0.25, 0.3) is 0 Å². The average molecular weight is 259 g/mol. The lowest BCUT2D eigenvalue weighted by Gasteiger charge is -2.10. The fourth-order valence-corrected chi connectivity index (χ4v) is 1.98. The lowest BCUT2D eigenvalue weighted by molar-refractivity contribution is -0.136. The van der Waals surface area contributed by atoms with Crippen molar-refractivity contribution >= 4 is 5.97 Å². The Kier molecular flexibility index (Phi) is 4.23. The molecule has 4 heteroatoms. The summed E-state index contributed by atoms with van der Waals surface area (Å²) in [6.07, 6.45) is 2.60. The number of hydrogen-bond acceptors (Lipinski definition) is 2. The molecule has 0 saturated heterocycles. The molecule has 1 N–H and O–H groups in total. The van der Waals surface area contributed by atoms with Crippen LogP contribution in [0.15, 0.2) is 42.6 Å². The van der Waals surface area contributed by atoms with Crippen LogP contribution in [-0.2, 0) is 11.2 Å². The SMILES string of the molecule is CCOc1ccc(-n2cccc2CCC(=O)O)cc1. The molecule has 0 amide bonds. The van der Waals surface area contributed by atoms with Crippen molar-refractivity contribution in [3.8, 4) is 11.4 Å². The molecule has 0 aliphatic heterocycles. The molecular formula is C15H17NO3. The van der Waals surface area contributed by atoms with Gasteiger partial charge >= 0.3 is 5.97 Å². The van der Waals surface area contributed by atoms with E-state index in [1.54, 1.807) is 0 Å². The van der Waals surface area contributed by atoms with E-state index in [-0.39, 0.29) is 6.42 Å². The van der Waals surface area contributed by atoms with E-state index < -0.39 is 5.97 Å². The minimum absolute atomic E-state index is 0.140. The highest BCUT2D eigenvalue weighted by atomic mass is 16.5. The van der Waals surface area contributed by atoms with Crippen LogP contribution >= 0.6 is 0 Å². The van der Waals surface area contributed by atoms with Gasteiger partial charge in [-0.1, -0.05) is 0 Å². The van der Waals surface area contributed by atoms with Crippen LogP contribution in [0, 0.1) is 0 Å². The van der Waals surface area contributed by atoms with Crippen molar-refractivity contribution < 1.29 is 14.6 Å². The number of carbonyl (C=O) groups is 1. The molecule has 0 unspecified atom stereocenters. The summed E-state index contributed by atoms with van der Waals surface area (Å²) in [4.78, 5) is 10.6. The summed E-state index contributed by atoms with van der Waals surface area (Å²) < 4.78 is 7.40. The Balaban J connectivity index is 2.17. The van der Waals surface area contributed by atoms with Crippen molar-refractivity contribution in [2.75, 3.05) is 6.61 Å². The number of aliphatic carboxylic acids is 1. The van der Waals surface area contributed by atoms with Crippen molar-refractivity contribution in [3.05, 3.63) is 48.3 Å². The summed E-state index contributed by atoms with van der Waals surface area (Å²) in [5.41, 5.74) is 2.00. The molecule has 19 heavy (non-hydrogen) atoms. The van der Waals surface area contributed by atoms with Crippen molar-refractivity contribution in [1.29, 1.82) is 0 Å². The Hall–Kier alpha value is -2.23. The van der Waals surface area contributed by atoms with Gasteiger partial charge in [0, 0.05) is 17.6 Å². The monoisotopic (exact) mass is 259 g/mol. The summed E-state index contributed by atoms with van der Waals surface area (Å²) in [5, 5.41) is 8.74. The van der Waals surface area contributed by atoms with Crippen LogP contribution in [0.25, 0.3) is 5.69 Å². The fourth-order valence-electron chi connectivity index (χ4n) is 1.98. The highest BCUT2D eigenvalue weighted by Gasteiger charge is 2.06. The van der Waals surface area contributed by atoms with Crippen LogP contribution in [0.4, 0.5) is 0 Å². The molecule has 0 aliphatic carbocycles. The van der Waals surface area contributed by atoms with E-state index in [9.17, 15) is 4.79 Å². The summed E-state index contributed by atoms with van der Waals surface area (Å²) in [6.45, 7) is 2.59. The maximum absolute atomic E-state index is 10.6. The van der Waals surface area contributed by atoms with Gasteiger partial charge in [-0.05, 0) is 49.7 Å². The number of aromatic nitrogens is 1. The molecule has 0 atom stereocenters. The number of rotatable bonds is 6. The van der Waals surface area contributed by atoms with Crippen LogP contribution in [-0.4, -0.2) is 22.2 Å². The molecule has 2 rings (SSSR count). The van der Waals surface area contributed by atoms with E-state index in [4.69, 9.17) is 9.84 Å². The molecule has 1 heterocycles. The first-order chi connectivity index (χ1) is 9.20. The summed E-state index contributed by atoms with van der Waals surface area (Å²) >= 11 is 0. The number of aryl methyl sites for hydroxylation is 1. The standard InChI is InChI=1S/C15H17NO3/c1-2-19-14-8-5-13(6-9-14)16-11-3-4-12(16)7-10-15(17)18/h3-6,8-9,11H,2,7,10H2,1H3,(H,17,18). The van der Waals surface area contributed by atoms with Gasteiger partial charge in [-0.2, -0.15) is 0 Å². The van der Waals surface area contributed by atoms with Crippen LogP contribution in [0.5, 0.6) is 5.75 Å². The molecule has 0 bridgehead atoms. The third-order valence-corrected chi connectivity index (χ3v) is 2.85. The quantitative estimate of drug-likeness (QED) is 0.867. The Bertz CT molecular complexity index is 543. The molecule has 0 radical (unpaired) electrons. The van der Waals surface area contributed by atoms with Crippen LogP contribution in [0.3, 0.4) is 0 Å². The van der Waals surface area contributed by atoms with Gasteiger partial charge in [0.2, 0.25) is 0 Å². The number of carboxylic acids is 1. The van der Waals surface area contributed by atoms with E-state index in [1.807, 2.05) is 54.1 Å². The Morgan fingerprint density at radius 3 is 2.63 bits per heavy atom. The first-order valence-electron chi connectivity index (χ1n) is 6.32. The maximum Gasteiger partial charge on any atom is 0.303 e. The Labute approximate surface area is 112 Å². The summed E-state index contributed by atoms with van der Waals surface area (Å²) in [5.74, 6) is 0.0601. The summed E-state index contributed by atoms with van der Waals surface area (Å²) in [7, 11) is 0. The zero-order chi connectivity index (χ0) is 13.7. The third kappa shape index (κ3) is 3.37. The molecule has 1 aromatic carbocycles. The van der Waals surface area contributed by atoms with Crippen LogP contribution < -0.4 is 4.74 Å².